The molecule has 3 heterocycles. The molecule has 1 aromatic heterocycles. The molecular weight excluding hydrogens is 218 g/mol. The summed E-state index contributed by atoms with van der Waals surface area (Å²) in [6, 6.07) is 2.33. The average molecular weight is 237 g/mol. The Morgan fingerprint density at radius 3 is 3.25 bits per heavy atom. The van der Waals surface area contributed by atoms with Crippen molar-refractivity contribution in [2.45, 2.75) is 43.2 Å². The molecule has 3 nitrogen and oxygen atoms in total. The van der Waals surface area contributed by atoms with Gasteiger partial charge in [0.15, 0.2) is 0 Å². The van der Waals surface area contributed by atoms with Crippen molar-refractivity contribution in [2.75, 3.05) is 18.8 Å². The van der Waals surface area contributed by atoms with Gasteiger partial charge < -0.3 is 5.32 Å². The molecule has 2 aliphatic heterocycles. The standard InChI is InChI=1S/C12H19N3S/c1-2-7-16-12-8-11(14-15(12)6-1)10-4-3-5-13-9-10/h8,10,13H,1-7,9H2. The van der Waals surface area contributed by atoms with Crippen molar-refractivity contribution in [1.29, 1.82) is 0 Å². The van der Waals surface area contributed by atoms with Crippen LogP contribution in [0.1, 0.15) is 37.3 Å². The molecule has 1 unspecified atom stereocenters. The van der Waals surface area contributed by atoms with Crippen LogP contribution in [0.3, 0.4) is 0 Å². The second-order valence-corrected chi connectivity index (χ2v) is 5.84. The van der Waals surface area contributed by atoms with Gasteiger partial charge in [-0.3, -0.25) is 4.68 Å². The molecule has 16 heavy (non-hydrogen) atoms. The lowest BCUT2D eigenvalue weighted by Crippen LogP contribution is -2.28. The monoisotopic (exact) mass is 237 g/mol. The Kier molecular flexibility index (Phi) is 3.20. The summed E-state index contributed by atoms with van der Waals surface area (Å²) >= 11 is 1.97. The van der Waals surface area contributed by atoms with Gasteiger partial charge in [0.05, 0.1) is 10.7 Å². The summed E-state index contributed by atoms with van der Waals surface area (Å²) in [7, 11) is 0. The van der Waals surface area contributed by atoms with Crippen LogP contribution in [0.4, 0.5) is 0 Å². The van der Waals surface area contributed by atoms with E-state index in [0.717, 1.165) is 13.1 Å². The van der Waals surface area contributed by atoms with Crippen LogP contribution in [-0.4, -0.2) is 28.6 Å². The van der Waals surface area contributed by atoms with Gasteiger partial charge in [-0.2, -0.15) is 5.10 Å². The maximum absolute atomic E-state index is 4.79. The fourth-order valence-electron chi connectivity index (χ4n) is 2.54. The summed E-state index contributed by atoms with van der Waals surface area (Å²) in [6.07, 6.45) is 5.20. The molecule has 1 saturated heterocycles. The molecule has 0 aromatic carbocycles. The first-order valence-corrected chi connectivity index (χ1v) is 7.33. The van der Waals surface area contributed by atoms with Crippen molar-refractivity contribution in [3.8, 4) is 0 Å². The number of thioether (sulfide) groups is 1. The molecule has 1 N–H and O–H groups in total. The molecule has 0 amide bonds. The number of nitrogens with zero attached hydrogens (tertiary/aromatic N) is 2. The number of aryl methyl sites for hydroxylation is 1. The quantitative estimate of drug-likeness (QED) is 0.812. The number of aromatic nitrogens is 2. The predicted molar refractivity (Wildman–Crippen MR) is 67.0 cm³/mol. The van der Waals surface area contributed by atoms with E-state index >= 15 is 0 Å². The van der Waals surface area contributed by atoms with Gasteiger partial charge >= 0.3 is 0 Å². The number of fused-ring (bicyclic) bond motifs is 1. The first kappa shape index (κ1) is 10.7. The van der Waals surface area contributed by atoms with Gasteiger partial charge in [-0.25, -0.2) is 0 Å². The Hall–Kier alpha value is -0.480. The first-order chi connectivity index (χ1) is 7.93. The van der Waals surface area contributed by atoms with Crippen molar-refractivity contribution < 1.29 is 0 Å². The smallest absolute Gasteiger partial charge is 0.0942 e. The fourth-order valence-corrected chi connectivity index (χ4v) is 3.58. The molecule has 0 aliphatic carbocycles. The van der Waals surface area contributed by atoms with Crippen LogP contribution in [0.5, 0.6) is 0 Å². The maximum Gasteiger partial charge on any atom is 0.0942 e. The van der Waals surface area contributed by atoms with Gasteiger partial charge in [-0.15, -0.1) is 11.8 Å². The highest BCUT2D eigenvalue weighted by atomic mass is 32.2. The molecule has 1 atom stereocenters. The highest BCUT2D eigenvalue weighted by Crippen LogP contribution is 2.29. The van der Waals surface area contributed by atoms with Crippen LogP contribution in [0.2, 0.25) is 0 Å². The van der Waals surface area contributed by atoms with Gasteiger partial charge in [-0.05, 0) is 44.0 Å². The second-order valence-electron chi connectivity index (χ2n) is 4.73. The molecule has 0 bridgehead atoms. The van der Waals surface area contributed by atoms with Crippen molar-refractivity contribution in [3.63, 3.8) is 0 Å². The van der Waals surface area contributed by atoms with E-state index in [4.69, 9.17) is 5.10 Å². The third-order valence-electron chi connectivity index (χ3n) is 3.49. The zero-order valence-electron chi connectivity index (χ0n) is 9.61. The van der Waals surface area contributed by atoms with Crippen LogP contribution in [-0.2, 0) is 6.54 Å². The molecule has 1 aromatic rings. The topological polar surface area (TPSA) is 29.9 Å². The molecule has 0 radical (unpaired) electrons. The van der Waals surface area contributed by atoms with Gasteiger partial charge in [0.2, 0.25) is 0 Å². The van der Waals surface area contributed by atoms with Gasteiger partial charge in [0.1, 0.15) is 0 Å². The van der Waals surface area contributed by atoms with Crippen LogP contribution in [0.15, 0.2) is 11.1 Å². The van der Waals surface area contributed by atoms with Crippen LogP contribution < -0.4 is 5.32 Å². The molecule has 0 saturated carbocycles. The van der Waals surface area contributed by atoms with Crippen molar-refractivity contribution in [3.05, 3.63) is 11.8 Å². The van der Waals surface area contributed by atoms with Crippen LogP contribution >= 0.6 is 11.8 Å². The van der Waals surface area contributed by atoms with Gasteiger partial charge in [0, 0.05) is 19.0 Å². The van der Waals surface area contributed by atoms with E-state index in [2.05, 4.69) is 16.1 Å². The number of hydrogen-bond donors (Lipinski definition) is 1. The molecular formula is C12H19N3S. The van der Waals surface area contributed by atoms with Crippen molar-refractivity contribution in [1.82, 2.24) is 15.1 Å². The molecule has 4 heteroatoms. The predicted octanol–water partition coefficient (Wildman–Crippen LogP) is 2.24. The summed E-state index contributed by atoms with van der Waals surface area (Å²) in [5, 5.41) is 9.65. The largest absolute Gasteiger partial charge is 0.316 e. The molecule has 2 aliphatic rings. The van der Waals surface area contributed by atoms with Crippen LogP contribution in [0, 0.1) is 0 Å². The number of rotatable bonds is 1. The summed E-state index contributed by atoms with van der Waals surface area (Å²) in [6.45, 7) is 3.41. The maximum atomic E-state index is 4.79. The first-order valence-electron chi connectivity index (χ1n) is 6.35. The van der Waals surface area contributed by atoms with E-state index < -0.39 is 0 Å². The Morgan fingerprint density at radius 1 is 1.38 bits per heavy atom. The summed E-state index contributed by atoms with van der Waals surface area (Å²) in [5.74, 6) is 1.91. The lowest BCUT2D eigenvalue weighted by Gasteiger charge is -2.20. The Morgan fingerprint density at radius 2 is 2.38 bits per heavy atom. The molecule has 1 fully saturated rings. The average Bonchev–Trinajstić information content (AvgIpc) is 2.62. The van der Waals surface area contributed by atoms with E-state index in [0.29, 0.717) is 5.92 Å². The van der Waals surface area contributed by atoms with Crippen molar-refractivity contribution >= 4 is 11.8 Å². The highest BCUT2D eigenvalue weighted by molar-refractivity contribution is 7.99. The highest BCUT2D eigenvalue weighted by Gasteiger charge is 2.20. The summed E-state index contributed by atoms with van der Waals surface area (Å²) in [4.78, 5) is 0. The van der Waals surface area contributed by atoms with Crippen LogP contribution in [0.25, 0.3) is 0 Å². The number of piperidine rings is 1. The van der Waals surface area contributed by atoms with E-state index in [-0.39, 0.29) is 0 Å². The molecule has 0 spiro atoms. The van der Waals surface area contributed by atoms with Gasteiger partial charge in [0.25, 0.3) is 0 Å². The lowest BCUT2D eigenvalue weighted by molar-refractivity contribution is 0.446. The Labute approximate surface area is 101 Å². The molecule has 3 rings (SSSR count). The zero-order valence-corrected chi connectivity index (χ0v) is 10.4. The minimum atomic E-state index is 0.647. The third-order valence-corrected chi connectivity index (χ3v) is 4.61. The third kappa shape index (κ3) is 2.13. The van der Waals surface area contributed by atoms with E-state index in [1.54, 1.807) is 0 Å². The molecule has 88 valence electrons. The van der Waals surface area contributed by atoms with Crippen molar-refractivity contribution in [2.24, 2.45) is 0 Å². The number of hydrogen-bond acceptors (Lipinski definition) is 3. The Balaban J connectivity index is 1.80. The fraction of sp³-hybridized carbons (Fsp3) is 0.750. The zero-order chi connectivity index (χ0) is 10.8. The van der Waals surface area contributed by atoms with Gasteiger partial charge in [-0.1, -0.05) is 0 Å². The number of nitrogens with one attached hydrogen (secondary N) is 1. The summed E-state index contributed by atoms with van der Waals surface area (Å²) in [5.41, 5.74) is 1.32. The normalized spacial score (nSPS) is 26.1. The minimum Gasteiger partial charge on any atom is -0.316 e. The Bertz CT molecular complexity index is 332. The SMILES string of the molecule is c1c(C2CCCNC2)nn2c1SCCCC2. The minimum absolute atomic E-state index is 0.647. The van der Waals surface area contributed by atoms with E-state index in [1.807, 2.05) is 11.8 Å². The lowest BCUT2D eigenvalue weighted by atomic mass is 9.96. The second kappa shape index (κ2) is 4.80. The van der Waals surface area contributed by atoms with E-state index in [1.165, 1.54) is 48.7 Å². The summed E-state index contributed by atoms with van der Waals surface area (Å²) < 4.78 is 2.22. The van der Waals surface area contributed by atoms with E-state index in [9.17, 15) is 0 Å².